The van der Waals surface area contributed by atoms with Crippen LogP contribution in [0.1, 0.15) is 30.9 Å². The van der Waals surface area contributed by atoms with E-state index in [-0.39, 0.29) is 5.91 Å². The summed E-state index contributed by atoms with van der Waals surface area (Å²) in [4.78, 5) is 20.5. The molecule has 0 bridgehead atoms. The molecule has 6 nitrogen and oxygen atoms in total. The van der Waals surface area contributed by atoms with Crippen molar-refractivity contribution >= 4 is 22.5 Å². The minimum absolute atomic E-state index is 0.0178. The Hall–Kier alpha value is -2.96. The van der Waals surface area contributed by atoms with E-state index >= 15 is 0 Å². The molecule has 0 spiro atoms. The number of rotatable bonds is 9. The van der Waals surface area contributed by atoms with Crippen LogP contribution >= 0.6 is 0 Å². The molecule has 0 saturated carbocycles. The summed E-state index contributed by atoms with van der Waals surface area (Å²) in [5, 5.41) is 4.20. The first-order chi connectivity index (χ1) is 16.5. The molecule has 1 amide bonds. The number of hydrogen-bond acceptors (Lipinski definition) is 5. The molecule has 1 aliphatic rings. The first-order valence-electron chi connectivity index (χ1n) is 12.1. The van der Waals surface area contributed by atoms with Crippen molar-refractivity contribution in [3.05, 3.63) is 65.9 Å². The Bertz CT molecular complexity index is 1100. The third-order valence-electron chi connectivity index (χ3n) is 6.63. The number of aromatic nitrogens is 1. The lowest BCUT2D eigenvalue weighted by molar-refractivity contribution is -0.127. The molecule has 1 saturated heterocycles. The van der Waals surface area contributed by atoms with Crippen molar-refractivity contribution in [2.45, 2.75) is 33.6 Å². The SMILES string of the molecule is Cc1cccc(C)c1OCCCC(C)(CN1CCOCC1)C(=O)Nc1cccc2cccnc12. The summed E-state index contributed by atoms with van der Waals surface area (Å²) in [6.45, 7) is 10.6. The average molecular weight is 462 g/mol. The number of carbonyl (C=O) groups excluding carboxylic acids is 1. The molecule has 2 heterocycles. The monoisotopic (exact) mass is 461 g/mol. The summed E-state index contributed by atoms with van der Waals surface area (Å²) in [6, 6.07) is 16.0. The maximum Gasteiger partial charge on any atom is 0.231 e. The number of ether oxygens (including phenoxy) is 2. The Balaban J connectivity index is 1.47. The van der Waals surface area contributed by atoms with Gasteiger partial charge >= 0.3 is 0 Å². The highest BCUT2D eigenvalue weighted by molar-refractivity contribution is 6.02. The second kappa shape index (κ2) is 11.0. The number of benzene rings is 2. The number of morpholine rings is 1. The quantitative estimate of drug-likeness (QED) is 0.455. The molecule has 2 aromatic carbocycles. The van der Waals surface area contributed by atoms with Gasteiger partial charge in [0.2, 0.25) is 5.91 Å². The number of para-hydroxylation sites is 2. The Labute approximate surface area is 202 Å². The predicted molar refractivity (Wildman–Crippen MR) is 136 cm³/mol. The van der Waals surface area contributed by atoms with Crippen LogP contribution in [0.25, 0.3) is 10.9 Å². The van der Waals surface area contributed by atoms with Gasteiger partial charge in [0, 0.05) is 31.2 Å². The fraction of sp³-hybridized carbons (Fsp3) is 0.429. The van der Waals surface area contributed by atoms with E-state index in [1.165, 1.54) is 0 Å². The number of nitrogens with one attached hydrogen (secondary N) is 1. The molecule has 1 atom stereocenters. The largest absolute Gasteiger partial charge is 0.493 e. The highest BCUT2D eigenvalue weighted by atomic mass is 16.5. The smallest absolute Gasteiger partial charge is 0.231 e. The van der Waals surface area contributed by atoms with E-state index in [1.54, 1.807) is 6.20 Å². The van der Waals surface area contributed by atoms with E-state index in [0.717, 1.165) is 59.4 Å². The van der Waals surface area contributed by atoms with Crippen LogP contribution in [0.15, 0.2) is 54.7 Å². The van der Waals surface area contributed by atoms with Gasteiger partial charge in [0.15, 0.2) is 0 Å². The molecule has 1 aromatic heterocycles. The summed E-state index contributed by atoms with van der Waals surface area (Å²) in [6.07, 6.45) is 3.27. The standard InChI is InChI=1S/C28H35N3O3/c1-21-8-4-9-22(2)26(21)34-17-7-13-28(3,20-31-15-18-33-19-16-31)27(32)30-24-12-5-10-23-11-6-14-29-25(23)24/h4-6,8-12,14H,7,13,15-20H2,1-3H3,(H,30,32). The van der Waals surface area contributed by atoms with Crippen molar-refractivity contribution in [1.29, 1.82) is 0 Å². The van der Waals surface area contributed by atoms with E-state index in [9.17, 15) is 4.79 Å². The van der Waals surface area contributed by atoms with Crippen LogP contribution in [0, 0.1) is 19.3 Å². The number of pyridine rings is 1. The molecule has 1 aliphatic heterocycles. The molecular formula is C28H35N3O3. The highest BCUT2D eigenvalue weighted by Crippen LogP contribution is 2.30. The van der Waals surface area contributed by atoms with Crippen LogP contribution in [0.3, 0.4) is 0 Å². The van der Waals surface area contributed by atoms with Gasteiger partial charge in [-0.25, -0.2) is 0 Å². The van der Waals surface area contributed by atoms with Crippen LogP contribution in [0.2, 0.25) is 0 Å². The highest BCUT2D eigenvalue weighted by Gasteiger charge is 2.35. The molecular weight excluding hydrogens is 426 g/mol. The summed E-state index contributed by atoms with van der Waals surface area (Å²) in [5.74, 6) is 0.966. The topological polar surface area (TPSA) is 63.7 Å². The predicted octanol–water partition coefficient (Wildman–Crippen LogP) is 4.99. The van der Waals surface area contributed by atoms with Crippen molar-refractivity contribution in [1.82, 2.24) is 9.88 Å². The van der Waals surface area contributed by atoms with E-state index in [0.29, 0.717) is 26.4 Å². The lowest BCUT2D eigenvalue weighted by atomic mass is 9.83. The Kier molecular flexibility index (Phi) is 7.80. The van der Waals surface area contributed by atoms with Crippen molar-refractivity contribution < 1.29 is 14.3 Å². The van der Waals surface area contributed by atoms with Gasteiger partial charge in [0.05, 0.1) is 36.4 Å². The van der Waals surface area contributed by atoms with Gasteiger partial charge in [-0.15, -0.1) is 0 Å². The summed E-state index contributed by atoms with van der Waals surface area (Å²) < 4.78 is 11.7. The molecule has 34 heavy (non-hydrogen) atoms. The number of anilines is 1. The maximum atomic E-state index is 13.7. The normalized spacial score (nSPS) is 16.2. The molecule has 0 aliphatic carbocycles. The maximum absolute atomic E-state index is 13.7. The second-order valence-electron chi connectivity index (χ2n) is 9.46. The zero-order chi connectivity index (χ0) is 24.0. The van der Waals surface area contributed by atoms with Crippen molar-refractivity contribution in [2.75, 3.05) is 44.8 Å². The van der Waals surface area contributed by atoms with Crippen molar-refractivity contribution in [3.63, 3.8) is 0 Å². The third-order valence-corrected chi connectivity index (χ3v) is 6.63. The number of fused-ring (bicyclic) bond motifs is 1. The van der Waals surface area contributed by atoms with E-state index in [2.05, 4.69) is 48.1 Å². The number of carbonyl (C=O) groups is 1. The molecule has 0 radical (unpaired) electrons. The van der Waals surface area contributed by atoms with Crippen LogP contribution in [-0.2, 0) is 9.53 Å². The number of amides is 1. The molecule has 180 valence electrons. The fourth-order valence-electron chi connectivity index (χ4n) is 4.66. The van der Waals surface area contributed by atoms with Crippen molar-refractivity contribution in [3.8, 4) is 5.75 Å². The van der Waals surface area contributed by atoms with Gasteiger partial charge < -0.3 is 14.8 Å². The molecule has 4 rings (SSSR count). The first kappa shape index (κ1) is 24.2. The fourth-order valence-corrected chi connectivity index (χ4v) is 4.66. The Morgan fingerprint density at radius 1 is 1.09 bits per heavy atom. The Morgan fingerprint density at radius 2 is 1.79 bits per heavy atom. The minimum Gasteiger partial charge on any atom is -0.493 e. The van der Waals surface area contributed by atoms with Gasteiger partial charge in [0.25, 0.3) is 0 Å². The van der Waals surface area contributed by atoms with Gasteiger partial charge in [0.1, 0.15) is 5.75 Å². The Morgan fingerprint density at radius 3 is 2.56 bits per heavy atom. The molecule has 1 N–H and O–H groups in total. The van der Waals surface area contributed by atoms with Gasteiger partial charge in [-0.1, -0.05) is 36.4 Å². The van der Waals surface area contributed by atoms with Crippen LogP contribution < -0.4 is 10.1 Å². The number of hydrogen-bond donors (Lipinski definition) is 1. The summed E-state index contributed by atoms with van der Waals surface area (Å²) in [5.41, 5.74) is 3.27. The first-order valence-corrected chi connectivity index (χ1v) is 12.1. The van der Waals surface area contributed by atoms with Crippen LogP contribution in [-0.4, -0.2) is 55.2 Å². The van der Waals surface area contributed by atoms with E-state index < -0.39 is 5.41 Å². The van der Waals surface area contributed by atoms with Crippen molar-refractivity contribution in [2.24, 2.45) is 5.41 Å². The molecule has 3 aromatic rings. The number of nitrogens with zero attached hydrogens (tertiary/aromatic N) is 2. The average Bonchev–Trinajstić information content (AvgIpc) is 2.84. The van der Waals surface area contributed by atoms with Crippen LogP contribution in [0.4, 0.5) is 5.69 Å². The zero-order valence-electron chi connectivity index (χ0n) is 20.5. The second-order valence-corrected chi connectivity index (χ2v) is 9.46. The summed E-state index contributed by atoms with van der Waals surface area (Å²) >= 11 is 0. The van der Waals surface area contributed by atoms with E-state index in [1.807, 2.05) is 36.4 Å². The number of aryl methyl sites for hydroxylation is 2. The third kappa shape index (κ3) is 5.75. The van der Waals surface area contributed by atoms with Gasteiger partial charge in [-0.3, -0.25) is 14.7 Å². The lowest BCUT2D eigenvalue weighted by Crippen LogP contribution is -2.47. The minimum atomic E-state index is -0.571. The van der Waals surface area contributed by atoms with Gasteiger partial charge in [-0.2, -0.15) is 0 Å². The zero-order valence-corrected chi connectivity index (χ0v) is 20.5. The molecule has 1 unspecified atom stereocenters. The van der Waals surface area contributed by atoms with E-state index in [4.69, 9.17) is 9.47 Å². The lowest BCUT2D eigenvalue weighted by Gasteiger charge is -2.36. The molecule has 1 fully saturated rings. The summed E-state index contributed by atoms with van der Waals surface area (Å²) in [7, 11) is 0. The molecule has 6 heteroatoms. The van der Waals surface area contributed by atoms with Crippen LogP contribution in [0.5, 0.6) is 5.75 Å². The van der Waals surface area contributed by atoms with Gasteiger partial charge in [-0.05, 0) is 56.9 Å².